The first-order valence-electron chi connectivity index (χ1n) is 2.98. The lowest BCUT2D eigenvalue weighted by molar-refractivity contribution is -0.0987. The van der Waals surface area contributed by atoms with Crippen LogP contribution in [0.2, 0.25) is 0 Å². The number of hydrogen-bond donors (Lipinski definition) is 0. The molecule has 1 heterocycles. The summed E-state index contributed by atoms with van der Waals surface area (Å²) in [6.07, 6.45) is -2.83. The molecule has 0 atom stereocenters. The van der Waals surface area contributed by atoms with Crippen LogP contribution in [0.15, 0.2) is 11.8 Å². The van der Waals surface area contributed by atoms with E-state index in [4.69, 9.17) is 0 Å². The van der Waals surface area contributed by atoms with Crippen molar-refractivity contribution in [3.8, 4) is 0 Å². The Morgan fingerprint density at radius 3 is 2.40 bits per heavy atom. The van der Waals surface area contributed by atoms with Gasteiger partial charge in [-0.2, -0.15) is 13.2 Å². The van der Waals surface area contributed by atoms with Crippen LogP contribution < -0.4 is 0 Å². The van der Waals surface area contributed by atoms with Crippen LogP contribution in [0.3, 0.4) is 0 Å². The zero-order valence-corrected chi connectivity index (χ0v) is 5.24. The van der Waals surface area contributed by atoms with Gasteiger partial charge in [0.2, 0.25) is 0 Å². The van der Waals surface area contributed by atoms with Gasteiger partial charge in [-0.25, -0.2) is 0 Å². The molecule has 0 aromatic carbocycles. The summed E-state index contributed by atoms with van der Waals surface area (Å²) >= 11 is 0. The van der Waals surface area contributed by atoms with Crippen LogP contribution in [-0.4, -0.2) is 12.8 Å². The lowest BCUT2D eigenvalue weighted by Gasteiger charge is -2.15. The first-order chi connectivity index (χ1) is 4.61. The molecule has 0 spiro atoms. The minimum atomic E-state index is -4.19. The molecule has 4 heteroatoms. The SMILES string of the molecule is FC(F)(F)C1=COCCC1. The highest BCUT2D eigenvalue weighted by molar-refractivity contribution is 5.07. The summed E-state index contributed by atoms with van der Waals surface area (Å²) in [5.41, 5.74) is -0.557. The molecule has 0 radical (unpaired) electrons. The lowest BCUT2D eigenvalue weighted by Crippen LogP contribution is -2.15. The molecule has 1 rings (SSSR count). The maximum atomic E-state index is 11.8. The van der Waals surface area contributed by atoms with Gasteiger partial charge in [-0.1, -0.05) is 0 Å². The Morgan fingerprint density at radius 2 is 2.10 bits per heavy atom. The standard InChI is InChI=1S/C6H7F3O/c7-6(8,9)5-2-1-3-10-4-5/h4H,1-3H2. The molecule has 0 fully saturated rings. The van der Waals surface area contributed by atoms with Crippen LogP contribution in [0.25, 0.3) is 0 Å². The van der Waals surface area contributed by atoms with E-state index in [9.17, 15) is 13.2 Å². The Kier molecular flexibility index (Phi) is 1.87. The zero-order valence-electron chi connectivity index (χ0n) is 5.24. The smallest absolute Gasteiger partial charge is 0.415 e. The van der Waals surface area contributed by atoms with Gasteiger partial charge in [-0.3, -0.25) is 0 Å². The van der Waals surface area contributed by atoms with E-state index in [0.717, 1.165) is 6.26 Å². The maximum absolute atomic E-state index is 11.8. The lowest BCUT2D eigenvalue weighted by atomic mass is 10.1. The average Bonchev–Trinajstić information content (AvgIpc) is 1.88. The first kappa shape index (κ1) is 7.44. The number of rotatable bonds is 0. The van der Waals surface area contributed by atoms with Crippen LogP contribution in [-0.2, 0) is 4.74 Å². The number of halogens is 3. The van der Waals surface area contributed by atoms with E-state index in [1.54, 1.807) is 0 Å². The number of allylic oxidation sites excluding steroid dienone is 1. The quantitative estimate of drug-likeness (QED) is 0.517. The van der Waals surface area contributed by atoms with Gasteiger partial charge >= 0.3 is 6.18 Å². The molecule has 0 N–H and O–H groups in total. The molecule has 1 aliphatic rings. The van der Waals surface area contributed by atoms with E-state index in [-0.39, 0.29) is 6.42 Å². The monoisotopic (exact) mass is 152 g/mol. The Hall–Kier alpha value is -0.670. The maximum Gasteiger partial charge on any atom is 0.415 e. The molecular weight excluding hydrogens is 145 g/mol. The Bertz CT molecular complexity index is 148. The van der Waals surface area contributed by atoms with E-state index in [0.29, 0.717) is 13.0 Å². The van der Waals surface area contributed by atoms with E-state index in [1.165, 1.54) is 0 Å². The predicted octanol–water partition coefficient (Wildman–Crippen LogP) is 2.24. The molecule has 1 nitrogen and oxygen atoms in total. The van der Waals surface area contributed by atoms with Crippen molar-refractivity contribution in [3.63, 3.8) is 0 Å². The van der Waals surface area contributed by atoms with Crippen LogP contribution in [0.4, 0.5) is 13.2 Å². The minimum Gasteiger partial charge on any atom is -0.501 e. The third-order valence-corrected chi connectivity index (χ3v) is 1.30. The van der Waals surface area contributed by atoms with E-state index in [1.807, 2.05) is 0 Å². The molecular formula is C6H7F3O. The second kappa shape index (κ2) is 2.52. The number of ether oxygens (including phenoxy) is 1. The summed E-state index contributed by atoms with van der Waals surface area (Å²) in [6, 6.07) is 0. The molecule has 0 saturated carbocycles. The third-order valence-electron chi connectivity index (χ3n) is 1.30. The van der Waals surface area contributed by atoms with Crippen molar-refractivity contribution < 1.29 is 17.9 Å². The van der Waals surface area contributed by atoms with Crippen LogP contribution in [0.1, 0.15) is 12.8 Å². The zero-order chi connectivity index (χ0) is 7.61. The molecule has 0 unspecified atom stereocenters. The summed E-state index contributed by atoms with van der Waals surface area (Å²) in [7, 11) is 0. The van der Waals surface area contributed by atoms with Crippen molar-refractivity contribution in [1.82, 2.24) is 0 Å². The third kappa shape index (κ3) is 1.65. The van der Waals surface area contributed by atoms with Crippen molar-refractivity contribution in [1.29, 1.82) is 0 Å². The summed E-state index contributed by atoms with van der Waals surface area (Å²) in [5.74, 6) is 0. The van der Waals surface area contributed by atoms with Gasteiger partial charge in [-0.05, 0) is 12.8 Å². The van der Waals surface area contributed by atoms with Crippen molar-refractivity contribution in [2.75, 3.05) is 6.61 Å². The highest BCUT2D eigenvalue weighted by Gasteiger charge is 2.34. The Morgan fingerprint density at radius 1 is 1.40 bits per heavy atom. The van der Waals surface area contributed by atoms with E-state index in [2.05, 4.69) is 4.74 Å². The topological polar surface area (TPSA) is 9.23 Å². The van der Waals surface area contributed by atoms with Crippen LogP contribution >= 0.6 is 0 Å². The molecule has 0 aromatic rings. The molecule has 0 aliphatic carbocycles. The summed E-state index contributed by atoms with van der Waals surface area (Å²) in [5, 5.41) is 0. The number of hydrogen-bond acceptors (Lipinski definition) is 1. The fourth-order valence-electron chi connectivity index (χ4n) is 0.773. The normalized spacial score (nSPS) is 19.7. The second-order valence-electron chi connectivity index (χ2n) is 2.12. The van der Waals surface area contributed by atoms with Crippen molar-refractivity contribution in [3.05, 3.63) is 11.8 Å². The van der Waals surface area contributed by atoms with Gasteiger partial charge < -0.3 is 4.74 Å². The van der Waals surface area contributed by atoms with Gasteiger partial charge in [-0.15, -0.1) is 0 Å². The van der Waals surface area contributed by atoms with Gasteiger partial charge in [0.05, 0.1) is 18.4 Å². The minimum absolute atomic E-state index is 0.0868. The summed E-state index contributed by atoms with van der Waals surface area (Å²) in [6.45, 7) is 0.402. The Labute approximate surface area is 56.5 Å². The molecule has 0 saturated heterocycles. The van der Waals surface area contributed by atoms with Crippen molar-refractivity contribution in [2.45, 2.75) is 19.0 Å². The molecule has 10 heavy (non-hydrogen) atoms. The predicted molar refractivity (Wildman–Crippen MR) is 29.3 cm³/mol. The van der Waals surface area contributed by atoms with E-state index >= 15 is 0 Å². The Balaban J connectivity index is 2.62. The number of alkyl halides is 3. The fraction of sp³-hybridized carbons (Fsp3) is 0.667. The van der Waals surface area contributed by atoms with Crippen molar-refractivity contribution >= 4 is 0 Å². The van der Waals surface area contributed by atoms with Gasteiger partial charge in [0.1, 0.15) is 0 Å². The van der Waals surface area contributed by atoms with Crippen LogP contribution in [0.5, 0.6) is 0 Å². The summed E-state index contributed by atoms with van der Waals surface area (Å²) in [4.78, 5) is 0. The second-order valence-corrected chi connectivity index (χ2v) is 2.12. The van der Waals surface area contributed by atoms with E-state index < -0.39 is 11.7 Å². The van der Waals surface area contributed by atoms with Crippen LogP contribution in [0, 0.1) is 0 Å². The fourth-order valence-corrected chi connectivity index (χ4v) is 0.773. The molecule has 58 valence electrons. The largest absolute Gasteiger partial charge is 0.501 e. The van der Waals surface area contributed by atoms with Gasteiger partial charge in [0.15, 0.2) is 0 Å². The molecule has 0 amide bonds. The molecule has 0 bridgehead atoms. The summed E-state index contributed by atoms with van der Waals surface area (Å²) < 4.78 is 39.9. The first-order valence-corrected chi connectivity index (χ1v) is 2.98. The highest BCUT2D eigenvalue weighted by Crippen LogP contribution is 2.30. The van der Waals surface area contributed by atoms with Gasteiger partial charge in [0, 0.05) is 0 Å². The van der Waals surface area contributed by atoms with Crippen molar-refractivity contribution in [2.24, 2.45) is 0 Å². The molecule has 1 aliphatic heterocycles. The average molecular weight is 152 g/mol. The van der Waals surface area contributed by atoms with Gasteiger partial charge in [0.25, 0.3) is 0 Å². The molecule has 0 aromatic heterocycles. The highest BCUT2D eigenvalue weighted by atomic mass is 19.4.